The molecule has 0 saturated carbocycles. The lowest BCUT2D eigenvalue weighted by molar-refractivity contribution is 0.466. The van der Waals surface area contributed by atoms with E-state index in [9.17, 15) is 4.79 Å². The summed E-state index contributed by atoms with van der Waals surface area (Å²) in [5.41, 5.74) is 3.08. The van der Waals surface area contributed by atoms with E-state index in [1.54, 1.807) is 10.6 Å². The predicted octanol–water partition coefficient (Wildman–Crippen LogP) is 3.35. The fourth-order valence-electron chi connectivity index (χ4n) is 2.48. The van der Waals surface area contributed by atoms with Crippen LogP contribution in [0.5, 0.6) is 0 Å². The monoisotopic (exact) mass is 350 g/mol. The predicted molar refractivity (Wildman–Crippen MR) is 95.5 cm³/mol. The highest BCUT2D eigenvalue weighted by molar-refractivity contribution is 7.98. The van der Waals surface area contributed by atoms with Gasteiger partial charge in [-0.3, -0.25) is 9.20 Å². The van der Waals surface area contributed by atoms with Crippen LogP contribution < -0.4 is 5.56 Å². The number of benzene rings is 1. The van der Waals surface area contributed by atoms with Crippen molar-refractivity contribution < 1.29 is 4.42 Å². The van der Waals surface area contributed by atoms with E-state index >= 15 is 0 Å². The first-order chi connectivity index (χ1) is 12.2. The van der Waals surface area contributed by atoms with Crippen molar-refractivity contribution in [3.05, 3.63) is 76.3 Å². The van der Waals surface area contributed by atoms with Gasteiger partial charge < -0.3 is 4.42 Å². The number of aromatic nitrogens is 4. The Hall–Kier alpha value is -2.93. The highest BCUT2D eigenvalue weighted by Gasteiger charge is 2.10. The molecule has 0 aliphatic heterocycles. The summed E-state index contributed by atoms with van der Waals surface area (Å²) >= 11 is 1.36. The van der Waals surface area contributed by atoms with Crippen LogP contribution in [0, 0.1) is 6.92 Å². The van der Waals surface area contributed by atoms with E-state index in [1.807, 2.05) is 49.4 Å². The second-order valence-electron chi connectivity index (χ2n) is 5.50. The molecule has 4 rings (SSSR count). The topological polar surface area (TPSA) is 73.3 Å². The Morgan fingerprint density at radius 2 is 1.96 bits per heavy atom. The Balaban J connectivity index is 1.56. The number of pyridine rings is 1. The molecule has 0 unspecified atom stereocenters. The number of fused-ring (bicyclic) bond motifs is 1. The molecule has 1 aromatic carbocycles. The molecule has 0 atom stereocenters. The van der Waals surface area contributed by atoms with Gasteiger partial charge in [-0.05, 0) is 30.7 Å². The van der Waals surface area contributed by atoms with E-state index in [0.717, 1.165) is 11.1 Å². The first-order valence-corrected chi connectivity index (χ1v) is 8.69. The van der Waals surface area contributed by atoms with E-state index in [0.29, 0.717) is 28.2 Å². The molecule has 0 amide bonds. The van der Waals surface area contributed by atoms with Gasteiger partial charge in [-0.2, -0.15) is 0 Å². The van der Waals surface area contributed by atoms with Crippen molar-refractivity contribution in [1.29, 1.82) is 0 Å². The van der Waals surface area contributed by atoms with Gasteiger partial charge in [-0.25, -0.2) is 4.98 Å². The summed E-state index contributed by atoms with van der Waals surface area (Å²) in [6.45, 7) is 1.93. The fraction of sp³-hybridized carbons (Fsp3) is 0.111. The van der Waals surface area contributed by atoms with Crippen LogP contribution in [0.15, 0.2) is 69.2 Å². The van der Waals surface area contributed by atoms with E-state index < -0.39 is 0 Å². The molecular weight excluding hydrogens is 336 g/mol. The number of rotatable bonds is 4. The van der Waals surface area contributed by atoms with Gasteiger partial charge in [0.1, 0.15) is 5.65 Å². The molecule has 0 aliphatic carbocycles. The van der Waals surface area contributed by atoms with Crippen molar-refractivity contribution in [3.63, 3.8) is 0 Å². The number of hydrogen-bond acceptors (Lipinski definition) is 6. The maximum atomic E-state index is 12.2. The van der Waals surface area contributed by atoms with Crippen LogP contribution in [0.2, 0.25) is 0 Å². The normalized spacial score (nSPS) is 11.1. The zero-order valence-corrected chi connectivity index (χ0v) is 14.2. The van der Waals surface area contributed by atoms with Crippen LogP contribution in [0.4, 0.5) is 0 Å². The van der Waals surface area contributed by atoms with Gasteiger partial charge in [0.25, 0.3) is 10.8 Å². The maximum Gasteiger partial charge on any atom is 0.277 e. The highest BCUT2D eigenvalue weighted by atomic mass is 32.2. The molecule has 0 spiro atoms. The molecule has 0 fully saturated rings. The van der Waals surface area contributed by atoms with Crippen LogP contribution in [0.3, 0.4) is 0 Å². The van der Waals surface area contributed by atoms with Crippen molar-refractivity contribution in [2.45, 2.75) is 17.9 Å². The number of nitrogens with zero attached hydrogens (tertiary/aromatic N) is 4. The van der Waals surface area contributed by atoms with Crippen LogP contribution in [0.25, 0.3) is 17.1 Å². The molecule has 25 heavy (non-hydrogen) atoms. The second-order valence-corrected chi connectivity index (χ2v) is 6.42. The lowest BCUT2D eigenvalue weighted by atomic mass is 10.2. The van der Waals surface area contributed by atoms with Crippen molar-refractivity contribution in [2.24, 2.45) is 0 Å². The largest absolute Gasteiger partial charge is 0.411 e. The van der Waals surface area contributed by atoms with E-state index in [-0.39, 0.29) is 5.56 Å². The minimum atomic E-state index is -0.0974. The van der Waals surface area contributed by atoms with Gasteiger partial charge in [0, 0.05) is 23.6 Å². The van der Waals surface area contributed by atoms with Gasteiger partial charge >= 0.3 is 0 Å². The molecule has 0 bridgehead atoms. The molecule has 3 heterocycles. The Morgan fingerprint density at radius 3 is 2.80 bits per heavy atom. The smallest absolute Gasteiger partial charge is 0.277 e. The summed E-state index contributed by atoms with van der Waals surface area (Å²) in [4.78, 5) is 16.8. The summed E-state index contributed by atoms with van der Waals surface area (Å²) in [6, 6.07) is 14.9. The van der Waals surface area contributed by atoms with Gasteiger partial charge in [0.2, 0.25) is 5.89 Å². The summed E-state index contributed by atoms with van der Waals surface area (Å²) in [6.07, 6.45) is 1.72. The first kappa shape index (κ1) is 15.6. The summed E-state index contributed by atoms with van der Waals surface area (Å²) in [5.74, 6) is 0.960. The summed E-state index contributed by atoms with van der Waals surface area (Å²) in [5, 5.41) is 8.55. The Morgan fingerprint density at radius 1 is 1.12 bits per heavy atom. The molecule has 4 aromatic rings. The van der Waals surface area contributed by atoms with Crippen molar-refractivity contribution in [2.75, 3.05) is 0 Å². The van der Waals surface area contributed by atoms with Crippen LogP contribution in [0.1, 0.15) is 11.3 Å². The molecule has 0 N–H and O–H groups in total. The molecule has 6 nitrogen and oxygen atoms in total. The standard InChI is InChI=1S/C18H14N4O2S/c1-12-6-5-9-22-15(23)10-14(19-16(12)22)11-25-18-21-20-17(24-18)13-7-3-2-4-8-13/h2-10H,11H2,1H3. The molecule has 124 valence electrons. The lowest BCUT2D eigenvalue weighted by Gasteiger charge is -2.05. The molecule has 3 aromatic heterocycles. The highest BCUT2D eigenvalue weighted by Crippen LogP contribution is 2.25. The van der Waals surface area contributed by atoms with Gasteiger partial charge in [-0.1, -0.05) is 36.0 Å². The quantitative estimate of drug-likeness (QED) is 0.526. The molecular formula is C18H14N4O2S. The Labute approximate surface area is 147 Å². The average Bonchev–Trinajstić information content (AvgIpc) is 3.11. The van der Waals surface area contributed by atoms with Gasteiger partial charge in [0.15, 0.2) is 0 Å². The summed E-state index contributed by atoms with van der Waals surface area (Å²) < 4.78 is 7.21. The minimum absolute atomic E-state index is 0.0974. The Kier molecular flexibility index (Phi) is 4.07. The number of aryl methyl sites for hydroxylation is 1. The zero-order valence-electron chi connectivity index (χ0n) is 13.4. The van der Waals surface area contributed by atoms with Gasteiger partial charge in [0.05, 0.1) is 5.69 Å². The van der Waals surface area contributed by atoms with Crippen LogP contribution in [-0.4, -0.2) is 19.6 Å². The zero-order chi connectivity index (χ0) is 17.2. The van der Waals surface area contributed by atoms with Gasteiger partial charge in [-0.15, -0.1) is 10.2 Å². The Bertz CT molecular complexity index is 1090. The van der Waals surface area contributed by atoms with Crippen molar-refractivity contribution in [3.8, 4) is 11.5 Å². The van der Waals surface area contributed by atoms with Crippen molar-refractivity contribution >= 4 is 17.4 Å². The summed E-state index contributed by atoms with van der Waals surface area (Å²) in [7, 11) is 0. The lowest BCUT2D eigenvalue weighted by Crippen LogP contribution is -2.15. The molecule has 0 saturated heterocycles. The molecule has 0 radical (unpaired) electrons. The van der Waals surface area contributed by atoms with E-state index in [2.05, 4.69) is 15.2 Å². The number of thioether (sulfide) groups is 1. The fourth-order valence-corrected chi connectivity index (χ4v) is 3.14. The number of hydrogen-bond donors (Lipinski definition) is 0. The van der Waals surface area contributed by atoms with Crippen LogP contribution >= 0.6 is 11.8 Å². The second kappa shape index (κ2) is 6.52. The SMILES string of the molecule is Cc1cccn2c(=O)cc(CSc3nnc(-c4ccccc4)o3)nc12. The third-order valence-corrected chi connectivity index (χ3v) is 4.56. The molecule has 7 heteroatoms. The third-order valence-electron chi connectivity index (χ3n) is 3.71. The minimum Gasteiger partial charge on any atom is -0.411 e. The molecule has 0 aliphatic rings. The van der Waals surface area contributed by atoms with Crippen LogP contribution in [-0.2, 0) is 5.75 Å². The third kappa shape index (κ3) is 3.18. The van der Waals surface area contributed by atoms with E-state index in [1.165, 1.54) is 17.8 Å². The first-order valence-electron chi connectivity index (χ1n) is 7.70. The van der Waals surface area contributed by atoms with E-state index in [4.69, 9.17) is 4.42 Å². The maximum absolute atomic E-state index is 12.2. The van der Waals surface area contributed by atoms with Crippen molar-refractivity contribution in [1.82, 2.24) is 19.6 Å². The average molecular weight is 350 g/mol.